The van der Waals surface area contributed by atoms with Crippen molar-refractivity contribution in [1.82, 2.24) is 10.6 Å². The van der Waals surface area contributed by atoms with Gasteiger partial charge in [0.2, 0.25) is 11.8 Å². The Morgan fingerprint density at radius 3 is 1.93 bits per heavy atom. The summed E-state index contributed by atoms with van der Waals surface area (Å²) < 4.78 is 0. The van der Waals surface area contributed by atoms with Gasteiger partial charge in [0.1, 0.15) is 12.1 Å². The zero-order chi connectivity index (χ0) is 21.9. The molecule has 2 aromatic carbocycles. The fraction of sp³-hybridized carbons (Fsp3) is 0.375. The summed E-state index contributed by atoms with van der Waals surface area (Å²) in [5, 5.41) is 14.9. The second-order valence-electron chi connectivity index (χ2n) is 7.82. The lowest BCUT2D eigenvalue weighted by Gasteiger charge is -2.23. The maximum Gasteiger partial charge on any atom is 0.326 e. The number of hydrogen-bond acceptors (Lipinski definition) is 3. The van der Waals surface area contributed by atoms with E-state index in [1.54, 1.807) is 0 Å². The van der Waals surface area contributed by atoms with E-state index >= 15 is 0 Å². The number of nitrogens with one attached hydrogen (secondary N) is 2. The van der Waals surface area contributed by atoms with Gasteiger partial charge in [0.15, 0.2) is 0 Å². The van der Waals surface area contributed by atoms with Crippen LogP contribution >= 0.6 is 0 Å². The van der Waals surface area contributed by atoms with Crippen molar-refractivity contribution in [3.8, 4) is 0 Å². The molecule has 0 saturated heterocycles. The molecule has 0 aliphatic heterocycles. The van der Waals surface area contributed by atoms with Gasteiger partial charge >= 0.3 is 5.97 Å². The molecule has 0 saturated carbocycles. The van der Waals surface area contributed by atoms with Crippen LogP contribution < -0.4 is 10.6 Å². The number of aliphatic carboxylic acids is 1. The maximum atomic E-state index is 12.8. The average molecular weight is 411 g/mol. The quantitative estimate of drug-likeness (QED) is 0.531. The Kier molecular flexibility index (Phi) is 9.06. The summed E-state index contributed by atoms with van der Waals surface area (Å²) in [5.41, 5.74) is 1.86. The first kappa shape index (κ1) is 23.1. The molecule has 0 spiro atoms. The minimum Gasteiger partial charge on any atom is -0.480 e. The van der Waals surface area contributed by atoms with E-state index in [9.17, 15) is 19.5 Å². The fourth-order valence-electron chi connectivity index (χ4n) is 3.19. The molecule has 2 aromatic rings. The minimum atomic E-state index is -1.11. The van der Waals surface area contributed by atoms with Gasteiger partial charge in [0.25, 0.3) is 0 Å². The molecule has 0 radical (unpaired) electrons. The van der Waals surface area contributed by atoms with Crippen molar-refractivity contribution >= 4 is 17.8 Å². The summed E-state index contributed by atoms with van der Waals surface area (Å²) in [4.78, 5) is 36.9. The average Bonchev–Trinajstić information content (AvgIpc) is 2.72. The van der Waals surface area contributed by atoms with Gasteiger partial charge in [0, 0.05) is 12.8 Å². The number of rotatable bonds is 11. The first-order valence-corrected chi connectivity index (χ1v) is 10.3. The third kappa shape index (κ3) is 8.07. The monoisotopic (exact) mass is 410 g/mol. The highest BCUT2D eigenvalue weighted by atomic mass is 16.4. The number of carboxylic acid groups (broad SMARTS) is 1. The molecular formula is C24H30N2O4. The second kappa shape index (κ2) is 11.8. The van der Waals surface area contributed by atoms with Crippen LogP contribution in [0.5, 0.6) is 0 Å². The zero-order valence-electron chi connectivity index (χ0n) is 17.5. The van der Waals surface area contributed by atoms with E-state index in [2.05, 4.69) is 10.6 Å². The molecule has 3 N–H and O–H groups in total. The molecule has 0 bridgehead atoms. The van der Waals surface area contributed by atoms with Crippen molar-refractivity contribution in [2.24, 2.45) is 5.92 Å². The highest BCUT2D eigenvalue weighted by Crippen LogP contribution is 2.09. The minimum absolute atomic E-state index is 0.160. The molecule has 6 heteroatoms. The van der Waals surface area contributed by atoms with Crippen LogP contribution in [0.2, 0.25) is 0 Å². The summed E-state index contributed by atoms with van der Waals surface area (Å²) in [5.74, 6) is -1.65. The summed E-state index contributed by atoms with van der Waals surface area (Å²) >= 11 is 0. The summed E-state index contributed by atoms with van der Waals surface area (Å²) in [6.07, 6.45) is 1.45. The maximum absolute atomic E-state index is 12.8. The van der Waals surface area contributed by atoms with Crippen LogP contribution in [0.1, 0.15) is 37.8 Å². The predicted octanol–water partition coefficient (Wildman–Crippen LogP) is 2.96. The lowest BCUT2D eigenvalue weighted by Crippen LogP contribution is -2.52. The zero-order valence-corrected chi connectivity index (χ0v) is 17.5. The van der Waals surface area contributed by atoms with E-state index in [0.717, 1.165) is 11.1 Å². The third-order valence-electron chi connectivity index (χ3n) is 4.74. The third-order valence-corrected chi connectivity index (χ3v) is 4.74. The summed E-state index contributed by atoms with van der Waals surface area (Å²) in [7, 11) is 0. The second-order valence-corrected chi connectivity index (χ2v) is 7.82. The van der Waals surface area contributed by atoms with Crippen LogP contribution in [-0.4, -0.2) is 35.0 Å². The van der Waals surface area contributed by atoms with Gasteiger partial charge < -0.3 is 15.7 Å². The molecule has 0 aromatic heterocycles. The van der Waals surface area contributed by atoms with Crippen LogP contribution in [0.15, 0.2) is 60.7 Å². The van der Waals surface area contributed by atoms with Crippen LogP contribution in [0, 0.1) is 5.92 Å². The first-order valence-electron chi connectivity index (χ1n) is 10.3. The number of carbonyl (C=O) groups is 3. The molecule has 2 amide bonds. The van der Waals surface area contributed by atoms with Gasteiger partial charge in [-0.25, -0.2) is 4.79 Å². The smallest absolute Gasteiger partial charge is 0.326 e. The van der Waals surface area contributed by atoms with Gasteiger partial charge in [-0.2, -0.15) is 0 Å². The number of amides is 2. The lowest BCUT2D eigenvalue weighted by molar-refractivity contribution is -0.142. The molecule has 0 aliphatic carbocycles. The van der Waals surface area contributed by atoms with Crippen LogP contribution in [0.25, 0.3) is 0 Å². The Balaban J connectivity index is 1.98. The molecule has 0 fully saturated rings. The SMILES string of the molecule is CC(C)C[C@H](NC(=O)CCc1ccccc1)C(=O)N[C@@H](Cc1ccccc1)C(=O)O. The summed E-state index contributed by atoms with van der Waals surface area (Å²) in [6.45, 7) is 3.91. The van der Waals surface area contributed by atoms with E-state index in [-0.39, 0.29) is 24.7 Å². The number of hydrogen-bond donors (Lipinski definition) is 3. The van der Waals surface area contributed by atoms with E-state index < -0.39 is 24.0 Å². The van der Waals surface area contributed by atoms with Crippen molar-refractivity contribution in [3.05, 3.63) is 71.8 Å². The van der Waals surface area contributed by atoms with Crippen molar-refractivity contribution in [3.63, 3.8) is 0 Å². The Bertz CT molecular complexity index is 822. The predicted molar refractivity (Wildman–Crippen MR) is 116 cm³/mol. The molecule has 30 heavy (non-hydrogen) atoms. The number of carbonyl (C=O) groups excluding carboxylic acids is 2. The number of carboxylic acids is 1. The van der Waals surface area contributed by atoms with Crippen molar-refractivity contribution in [2.75, 3.05) is 0 Å². The fourth-order valence-corrected chi connectivity index (χ4v) is 3.19. The topological polar surface area (TPSA) is 95.5 Å². The molecule has 0 unspecified atom stereocenters. The Labute approximate surface area is 177 Å². The van der Waals surface area contributed by atoms with Crippen LogP contribution in [-0.2, 0) is 27.2 Å². The van der Waals surface area contributed by atoms with Gasteiger partial charge in [-0.05, 0) is 29.9 Å². The van der Waals surface area contributed by atoms with Gasteiger partial charge in [0.05, 0.1) is 0 Å². The molecule has 0 aliphatic rings. The van der Waals surface area contributed by atoms with E-state index in [1.165, 1.54) is 0 Å². The van der Waals surface area contributed by atoms with Crippen molar-refractivity contribution < 1.29 is 19.5 Å². The standard InChI is InChI=1S/C24H30N2O4/c1-17(2)15-20(25-22(27)14-13-18-9-5-3-6-10-18)23(28)26-21(24(29)30)16-19-11-7-4-8-12-19/h3-12,17,20-21H,13-16H2,1-2H3,(H,25,27)(H,26,28)(H,29,30)/t20-,21-/m0/s1. The largest absolute Gasteiger partial charge is 0.480 e. The molecular weight excluding hydrogens is 380 g/mol. The van der Waals surface area contributed by atoms with Crippen molar-refractivity contribution in [2.45, 2.75) is 51.6 Å². The Hall–Kier alpha value is -3.15. The van der Waals surface area contributed by atoms with Gasteiger partial charge in [-0.3, -0.25) is 9.59 Å². The molecule has 0 heterocycles. The Morgan fingerprint density at radius 1 is 0.833 bits per heavy atom. The molecule has 2 atom stereocenters. The highest BCUT2D eigenvalue weighted by Gasteiger charge is 2.27. The van der Waals surface area contributed by atoms with E-state index in [0.29, 0.717) is 12.8 Å². The molecule has 2 rings (SSSR count). The normalized spacial score (nSPS) is 12.8. The number of benzene rings is 2. The number of aryl methyl sites for hydroxylation is 1. The van der Waals surface area contributed by atoms with Gasteiger partial charge in [-0.15, -0.1) is 0 Å². The van der Waals surface area contributed by atoms with Crippen molar-refractivity contribution in [1.29, 1.82) is 0 Å². The lowest BCUT2D eigenvalue weighted by atomic mass is 10.0. The van der Waals surface area contributed by atoms with Gasteiger partial charge in [-0.1, -0.05) is 74.5 Å². The van der Waals surface area contributed by atoms with E-state index in [4.69, 9.17) is 0 Å². The molecule has 160 valence electrons. The van der Waals surface area contributed by atoms with E-state index in [1.807, 2.05) is 74.5 Å². The summed E-state index contributed by atoms with van der Waals surface area (Å²) in [6, 6.07) is 17.0. The Morgan fingerprint density at radius 2 is 1.40 bits per heavy atom. The molecule has 6 nitrogen and oxygen atoms in total. The van der Waals surface area contributed by atoms with Crippen LogP contribution in [0.3, 0.4) is 0 Å². The van der Waals surface area contributed by atoms with Crippen LogP contribution in [0.4, 0.5) is 0 Å². The highest BCUT2D eigenvalue weighted by molar-refractivity contribution is 5.90. The first-order chi connectivity index (χ1) is 14.3.